The van der Waals surface area contributed by atoms with Gasteiger partial charge in [-0.15, -0.1) is 0 Å². The summed E-state index contributed by atoms with van der Waals surface area (Å²) in [4.78, 5) is 4.43. The van der Waals surface area contributed by atoms with Gasteiger partial charge in [0.2, 0.25) is 0 Å². The second-order valence-electron chi connectivity index (χ2n) is 4.28. The first kappa shape index (κ1) is 12.4. The molecular weight excluding hydrogens is 304 g/mol. The van der Waals surface area contributed by atoms with Crippen molar-refractivity contribution in [3.8, 4) is 0 Å². The number of pyridine rings is 1. The molecule has 1 aromatic carbocycles. The van der Waals surface area contributed by atoms with Crippen molar-refractivity contribution in [2.45, 2.75) is 6.04 Å². The average Bonchev–Trinajstić information content (AvgIpc) is 2.85. The Morgan fingerprint density at radius 1 is 1.21 bits per heavy atom. The zero-order chi connectivity index (χ0) is 13.2. The topological polar surface area (TPSA) is 38.1 Å². The third kappa shape index (κ3) is 2.29. The Morgan fingerprint density at radius 3 is 2.79 bits per heavy atom. The van der Waals surface area contributed by atoms with Crippen LogP contribution in [0.4, 0.5) is 0 Å². The fraction of sp³-hybridized carbons (Fsp3) is 0.133. The fourth-order valence-corrected chi connectivity index (χ4v) is 2.65. The smallest absolute Gasteiger partial charge is 0.134 e. The van der Waals surface area contributed by atoms with Gasteiger partial charge < -0.3 is 9.73 Å². The second-order valence-corrected chi connectivity index (χ2v) is 5.13. The largest absolute Gasteiger partial charge is 0.459 e. The molecule has 3 nitrogen and oxygen atoms in total. The molecule has 1 unspecified atom stereocenters. The van der Waals surface area contributed by atoms with Gasteiger partial charge in [0.1, 0.15) is 17.4 Å². The molecule has 0 spiro atoms. The lowest BCUT2D eigenvalue weighted by Crippen LogP contribution is -2.18. The molecule has 0 amide bonds. The molecule has 2 heterocycles. The van der Waals surface area contributed by atoms with E-state index in [1.165, 1.54) is 0 Å². The highest BCUT2D eigenvalue weighted by atomic mass is 79.9. The van der Waals surface area contributed by atoms with Gasteiger partial charge in [-0.05, 0) is 47.2 Å². The molecule has 96 valence electrons. The number of hydrogen-bond acceptors (Lipinski definition) is 3. The van der Waals surface area contributed by atoms with Crippen LogP contribution in [0, 0.1) is 0 Å². The molecule has 0 radical (unpaired) electrons. The molecule has 0 saturated heterocycles. The lowest BCUT2D eigenvalue weighted by molar-refractivity contribution is 0.485. The maximum atomic E-state index is 5.91. The molecule has 1 atom stereocenters. The molecule has 4 heteroatoms. The molecule has 3 rings (SSSR count). The fourth-order valence-electron chi connectivity index (χ4n) is 2.17. The number of furan rings is 1. The summed E-state index contributed by atoms with van der Waals surface area (Å²) in [5.41, 5.74) is 1.81. The Morgan fingerprint density at radius 2 is 2.05 bits per heavy atom. The van der Waals surface area contributed by atoms with Crippen LogP contribution in [-0.4, -0.2) is 12.0 Å². The third-order valence-electron chi connectivity index (χ3n) is 3.08. The number of nitrogens with zero attached hydrogens (tertiary/aromatic N) is 1. The lowest BCUT2D eigenvalue weighted by Gasteiger charge is -2.14. The summed E-state index contributed by atoms with van der Waals surface area (Å²) in [7, 11) is 1.90. The van der Waals surface area contributed by atoms with Gasteiger partial charge in [0.05, 0.1) is 5.69 Å². The van der Waals surface area contributed by atoms with Crippen LogP contribution in [0.25, 0.3) is 11.0 Å². The number of nitrogens with one attached hydrogen (secondary N) is 1. The van der Waals surface area contributed by atoms with Crippen molar-refractivity contribution in [1.29, 1.82) is 0 Å². The molecule has 1 N–H and O–H groups in total. The number of rotatable bonds is 3. The monoisotopic (exact) mass is 316 g/mol. The van der Waals surface area contributed by atoms with Crippen molar-refractivity contribution >= 4 is 26.9 Å². The van der Waals surface area contributed by atoms with E-state index in [-0.39, 0.29) is 6.04 Å². The zero-order valence-electron chi connectivity index (χ0n) is 10.4. The normalized spacial score (nSPS) is 12.7. The van der Waals surface area contributed by atoms with Crippen molar-refractivity contribution in [3.63, 3.8) is 0 Å². The first-order valence-corrected chi connectivity index (χ1v) is 6.85. The van der Waals surface area contributed by atoms with Gasteiger partial charge in [-0.2, -0.15) is 0 Å². The van der Waals surface area contributed by atoms with Gasteiger partial charge >= 0.3 is 0 Å². The number of fused-ring (bicyclic) bond motifs is 1. The van der Waals surface area contributed by atoms with Crippen LogP contribution in [0.2, 0.25) is 0 Å². The quantitative estimate of drug-likeness (QED) is 0.796. The van der Waals surface area contributed by atoms with Crippen molar-refractivity contribution < 1.29 is 4.42 Å². The molecule has 0 fully saturated rings. The summed E-state index contributed by atoms with van der Waals surface area (Å²) in [6.07, 6.45) is 1.78. The Hall–Kier alpha value is -1.65. The molecule has 3 aromatic rings. The molecular formula is C15H13BrN2O. The highest BCUT2D eigenvalue weighted by molar-refractivity contribution is 9.10. The van der Waals surface area contributed by atoms with Gasteiger partial charge in [0.25, 0.3) is 0 Å². The predicted molar refractivity (Wildman–Crippen MR) is 79.1 cm³/mol. The number of benzene rings is 1. The summed E-state index contributed by atoms with van der Waals surface area (Å²) >= 11 is 3.53. The number of aromatic nitrogens is 1. The summed E-state index contributed by atoms with van der Waals surface area (Å²) in [6.45, 7) is 0. The first-order valence-electron chi connectivity index (χ1n) is 6.06. The van der Waals surface area contributed by atoms with Crippen LogP contribution < -0.4 is 5.32 Å². The van der Waals surface area contributed by atoms with Crippen LogP contribution in [-0.2, 0) is 0 Å². The van der Waals surface area contributed by atoms with E-state index in [4.69, 9.17) is 4.42 Å². The van der Waals surface area contributed by atoms with E-state index in [2.05, 4.69) is 32.3 Å². The van der Waals surface area contributed by atoms with E-state index in [1.54, 1.807) is 6.20 Å². The second kappa shape index (κ2) is 5.15. The predicted octanol–water partition coefficient (Wildman–Crippen LogP) is 3.90. The number of halogens is 1. The van der Waals surface area contributed by atoms with Gasteiger partial charge in [-0.1, -0.05) is 18.2 Å². The molecule has 2 aromatic heterocycles. The first-order chi connectivity index (χ1) is 9.29. The maximum absolute atomic E-state index is 5.91. The van der Waals surface area contributed by atoms with E-state index < -0.39 is 0 Å². The number of para-hydroxylation sites is 1. The highest BCUT2D eigenvalue weighted by Gasteiger charge is 2.20. The van der Waals surface area contributed by atoms with Crippen LogP contribution in [0.5, 0.6) is 0 Å². The van der Waals surface area contributed by atoms with Gasteiger partial charge in [-0.3, -0.25) is 4.98 Å². The van der Waals surface area contributed by atoms with Gasteiger partial charge in [0.15, 0.2) is 0 Å². The van der Waals surface area contributed by atoms with Gasteiger partial charge in [-0.25, -0.2) is 0 Å². The van der Waals surface area contributed by atoms with Gasteiger partial charge in [0, 0.05) is 16.1 Å². The maximum Gasteiger partial charge on any atom is 0.134 e. The van der Waals surface area contributed by atoms with E-state index in [9.17, 15) is 0 Å². The van der Waals surface area contributed by atoms with Crippen molar-refractivity contribution in [3.05, 3.63) is 64.6 Å². The van der Waals surface area contributed by atoms with Crippen molar-refractivity contribution in [2.24, 2.45) is 0 Å². The SMILES string of the molecule is CNC(c1cc2ccccc2o1)c1ncccc1Br. The lowest BCUT2D eigenvalue weighted by atomic mass is 10.1. The zero-order valence-corrected chi connectivity index (χ0v) is 12.0. The summed E-state index contributed by atoms with van der Waals surface area (Å²) in [5.74, 6) is 0.864. The molecule has 0 bridgehead atoms. The van der Waals surface area contributed by atoms with Crippen LogP contribution in [0.3, 0.4) is 0 Å². The Bertz CT molecular complexity index is 675. The van der Waals surface area contributed by atoms with Crippen LogP contribution in [0.1, 0.15) is 17.5 Å². The van der Waals surface area contributed by atoms with E-state index in [1.807, 2.05) is 43.4 Å². The van der Waals surface area contributed by atoms with Crippen LogP contribution >= 0.6 is 15.9 Å². The number of hydrogen-bond donors (Lipinski definition) is 1. The third-order valence-corrected chi connectivity index (χ3v) is 3.75. The minimum Gasteiger partial charge on any atom is -0.459 e. The van der Waals surface area contributed by atoms with E-state index >= 15 is 0 Å². The molecule has 0 aliphatic rings. The van der Waals surface area contributed by atoms with Crippen molar-refractivity contribution in [2.75, 3.05) is 7.05 Å². The summed E-state index contributed by atoms with van der Waals surface area (Å²) < 4.78 is 6.87. The minimum absolute atomic E-state index is 0.0667. The Labute approximate surface area is 119 Å². The Balaban J connectivity index is 2.09. The molecule has 0 aliphatic heterocycles. The summed E-state index contributed by atoms with van der Waals surface area (Å²) in [6, 6.07) is 13.9. The standard InChI is InChI=1S/C15H13BrN2O/c1-17-15(14-11(16)6-4-8-18-14)13-9-10-5-2-3-7-12(10)19-13/h2-9,15,17H,1H3. The Kier molecular flexibility index (Phi) is 3.36. The minimum atomic E-state index is -0.0667. The summed E-state index contributed by atoms with van der Waals surface area (Å²) in [5, 5.41) is 4.35. The molecule has 0 aliphatic carbocycles. The molecule has 19 heavy (non-hydrogen) atoms. The average molecular weight is 317 g/mol. The molecule has 0 saturated carbocycles. The van der Waals surface area contributed by atoms with E-state index in [0.717, 1.165) is 26.9 Å². The van der Waals surface area contributed by atoms with Crippen LogP contribution in [0.15, 0.2) is 57.6 Å². The van der Waals surface area contributed by atoms with E-state index in [0.29, 0.717) is 0 Å². The van der Waals surface area contributed by atoms with Crippen molar-refractivity contribution in [1.82, 2.24) is 10.3 Å². The highest BCUT2D eigenvalue weighted by Crippen LogP contribution is 2.30.